The molecule has 1 N–H and O–H groups in total. The number of fused-ring (bicyclic) bond motifs is 1. The Balaban J connectivity index is 1.75. The summed E-state index contributed by atoms with van der Waals surface area (Å²) < 4.78 is 6.31. The summed E-state index contributed by atoms with van der Waals surface area (Å²) >= 11 is 0. The lowest BCUT2D eigenvalue weighted by molar-refractivity contribution is -0.134. The first-order valence-electron chi connectivity index (χ1n) is 9.03. The Hall–Kier alpha value is -0.410. The maximum absolute atomic E-state index is 12.3. The van der Waals surface area contributed by atoms with Crippen LogP contribution in [0.15, 0.2) is 0 Å². The van der Waals surface area contributed by atoms with Crippen LogP contribution >= 0.6 is 0 Å². The van der Waals surface area contributed by atoms with E-state index in [1.165, 1.54) is 6.42 Å². The average molecular weight is 308 g/mol. The molecule has 126 valence electrons. The summed E-state index contributed by atoms with van der Waals surface area (Å²) in [5, 5.41) is 10.1. The van der Waals surface area contributed by atoms with Gasteiger partial charge in [0.05, 0.1) is 17.8 Å². The highest BCUT2D eigenvalue weighted by molar-refractivity contribution is 5.83. The van der Waals surface area contributed by atoms with Gasteiger partial charge < -0.3 is 9.84 Å². The molecule has 0 radical (unpaired) electrons. The van der Waals surface area contributed by atoms with Crippen LogP contribution in [0.3, 0.4) is 0 Å². The van der Waals surface area contributed by atoms with E-state index in [4.69, 9.17) is 4.74 Å². The molecule has 0 aromatic carbocycles. The molecular formula is C19H32O3. The first kappa shape index (κ1) is 16.4. The minimum absolute atomic E-state index is 0.114. The molecule has 0 amide bonds. The SMILES string of the molecule is CC(C)(O)CC1CO[C@](C)([C@H]2CC[C@H]3C(=O)CCCC32C)C1. The van der Waals surface area contributed by atoms with Crippen LogP contribution in [0.5, 0.6) is 0 Å². The van der Waals surface area contributed by atoms with E-state index in [0.29, 0.717) is 17.6 Å². The molecule has 3 nitrogen and oxygen atoms in total. The van der Waals surface area contributed by atoms with Gasteiger partial charge in [-0.2, -0.15) is 0 Å². The number of hydrogen-bond donors (Lipinski definition) is 1. The maximum Gasteiger partial charge on any atom is 0.136 e. The van der Waals surface area contributed by atoms with Gasteiger partial charge in [0.15, 0.2) is 0 Å². The standard InChI is InChI=1S/C19H32O3/c1-17(2,21)10-13-11-19(4,22-12-13)16-8-7-14-15(20)6-5-9-18(14,16)3/h13-14,16,21H,5-12H2,1-4H3/t13?,14-,16-,18?,19-/m0/s1. The molecular weight excluding hydrogens is 276 g/mol. The number of ether oxygens (including phenoxy) is 1. The van der Waals surface area contributed by atoms with E-state index in [1.807, 2.05) is 13.8 Å². The van der Waals surface area contributed by atoms with Gasteiger partial charge in [0.2, 0.25) is 0 Å². The van der Waals surface area contributed by atoms with Crippen molar-refractivity contribution in [1.82, 2.24) is 0 Å². The Morgan fingerprint density at radius 3 is 2.73 bits per heavy atom. The molecule has 2 unspecified atom stereocenters. The minimum atomic E-state index is -0.623. The highest BCUT2D eigenvalue weighted by atomic mass is 16.5. The number of aliphatic hydroxyl groups is 1. The number of hydrogen-bond acceptors (Lipinski definition) is 3. The number of Topliss-reactive ketones (excluding diaryl/α,β-unsaturated/α-hetero) is 1. The highest BCUT2D eigenvalue weighted by Gasteiger charge is 2.58. The van der Waals surface area contributed by atoms with Gasteiger partial charge in [-0.3, -0.25) is 4.79 Å². The third-order valence-corrected chi connectivity index (χ3v) is 6.73. The molecule has 5 atom stereocenters. The van der Waals surface area contributed by atoms with Crippen molar-refractivity contribution in [2.75, 3.05) is 6.61 Å². The van der Waals surface area contributed by atoms with Crippen LogP contribution in [0.25, 0.3) is 0 Å². The van der Waals surface area contributed by atoms with Crippen LogP contribution in [0.1, 0.15) is 72.6 Å². The monoisotopic (exact) mass is 308 g/mol. The zero-order chi connectivity index (χ0) is 16.2. The molecule has 1 heterocycles. The first-order valence-corrected chi connectivity index (χ1v) is 9.03. The topological polar surface area (TPSA) is 46.5 Å². The maximum atomic E-state index is 12.3. The fraction of sp³-hybridized carbons (Fsp3) is 0.947. The summed E-state index contributed by atoms with van der Waals surface area (Å²) in [5.41, 5.74) is -0.604. The zero-order valence-electron chi connectivity index (χ0n) is 14.7. The Bertz CT molecular complexity index is 452. The second-order valence-electron chi connectivity index (χ2n) is 9.22. The van der Waals surface area contributed by atoms with E-state index in [0.717, 1.165) is 45.1 Å². The molecule has 22 heavy (non-hydrogen) atoms. The average Bonchev–Trinajstić information content (AvgIpc) is 2.90. The molecule has 3 aliphatic rings. The zero-order valence-corrected chi connectivity index (χ0v) is 14.7. The van der Waals surface area contributed by atoms with Crippen molar-refractivity contribution in [3.05, 3.63) is 0 Å². The molecule has 2 aliphatic carbocycles. The van der Waals surface area contributed by atoms with Gasteiger partial charge in [-0.25, -0.2) is 0 Å². The van der Waals surface area contributed by atoms with Crippen molar-refractivity contribution in [1.29, 1.82) is 0 Å². The quantitative estimate of drug-likeness (QED) is 0.864. The predicted octanol–water partition coefficient (Wildman–Crippen LogP) is 3.73. The van der Waals surface area contributed by atoms with E-state index >= 15 is 0 Å². The van der Waals surface area contributed by atoms with Gasteiger partial charge in [0, 0.05) is 12.3 Å². The summed E-state index contributed by atoms with van der Waals surface area (Å²) in [6, 6.07) is 0. The van der Waals surface area contributed by atoms with Crippen molar-refractivity contribution in [3.63, 3.8) is 0 Å². The van der Waals surface area contributed by atoms with E-state index < -0.39 is 5.60 Å². The number of rotatable bonds is 3. The Labute approximate surface area is 134 Å². The van der Waals surface area contributed by atoms with Crippen molar-refractivity contribution in [2.45, 2.75) is 83.8 Å². The summed E-state index contributed by atoms with van der Waals surface area (Å²) in [4.78, 5) is 12.3. The number of carbonyl (C=O) groups excluding carboxylic acids is 1. The normalized spacial score (nSPS) is 46.0. The second kappa shape index (κ2) is 5.31. The molecule has 1 aliphatic heterocycles. The Kier molecular flexibility index (Phi) is 3.97. The summed E-state index contributed by atoms with van der Waals surface area (Å²) in [7, 11) is 0. The summed E-state index contributed by atoms with van der Waals surface area (Å²) in [5.74, 6) is 1.68. The van der Waals surface area contributed by atoms with Crippen LogP contribution in [-0.4, -0.2) is 28.7 Å². The first-order chi connectivity index (χ1) is 10.1. The van der Waals surface area contributed by atoms with E-state index in [1.54, 1.807) is 0 Å². The van der Waals surface area contributed by atoms with Gasteiger partial charge in [-0.05, 0) is 76.5 Å². The van der Waals surface area contributed by atoms with Gasteiger partial charge in [-0.1, -0.05) is 6.92 Å². The largest absolute Gasteiger partial charge is 0.390 e. The van der Waals surface area contributed by atoms with Gasteiger partial charge in [-0.15, -0.1) is 0 Å². The lowest BCUT2D eigenvalue weighted by Gasteiger charge is -2.46. The third-order valence-electron chi connectivity index (χ3n) is 6.73. The fourth-order valence-electron chi connectivity index (χ4n) is 6.01. The minimum Gasteiger partial charge on any atom is -0.390 e. The molecule has 3 fully saturated rings. The number of ketones is 1. The van der Waals surface area contributed by atoms with Crippen LogP contribution < -0.4 is 0 Å². The molecule has 2 saturated carbocycles. The molecule has 0 spiro atoms. The van der Waals surface area contributed by atoms with E-state index in [2.05, 4.69) is 13.8 Å². The molecule has 3 rings (SSSR count). The second-order valence-corrected chi connectivity index (χ2v) is 9.22. The smallest absolute Gasteiger partial charge is 0.136 e. The van der Waals surface area contributed by atoms with Crippen LogP contribution in [0, 0.1) is 23.2 Å². The highest BCUT2D eigenvalue weighted by Crippen LogP contribution is 2.60. The van der Waals surface area contributed by atoms with E-state index in [-0.39, 0.29) is 16.9 Å². The van der Waals surface area contributed by atoms with Gasteiger partial charge >= 0.3 is 0 Å². The Morgan fingerprint density at radius 1 is 1.32 bits per heavy atom. The lowest BCUT2D eigenvalue weighted by atomic mass is 9.60. The summed E-state index contributed by atoms with van der Waals surface area (Å²) in [6.07, 6.45) is 7.00. The molecule has 0 aromatic heterocycles. The van der Waals surface area contributed by atoms with Crippen LogP contribution in [-0.2, 0) is 9.53 Å². The molecule has 1 saturated heterocycles. The third kappa shape index (κ3) is 2.75. The van der Waals surface area contributed by atoms with Crippen molar-refractivity contribution in [3.8, 4) is 0 Å². The Morgan fingerprint density at radius 2 is 2.05 bits per heavy atom. The molecule has 3 heteroatoms. The van der Waals surface area contributed by atoms with Crippen molar-refractivity contribution < 1.29 is 14.6 Å². The van der Waals surface area contributed by atoms with Crippen molar-refractivity contribution >= 4 is 5.78 Å². The predicted molar refractivity (Wildman–Crippen MR) is 86.6 cm³/mol. The number of carbonyl (C=O) groups is 1. The van der Waals surface area contributed by atoms with Crippen LogP contribution in [0.2, 0.25) is 0 Å². The van der Waals surface area contributed by atoms with Crippen molar-refractivity contribution in [2.24, 2.45) is 23.2 Å². The molecule has 0 bridgehead atoms. The van der Waals surface area contributed by atoms with Crippen LogP contribution in [0.4, 0.5) is 0 Å². The van der Waals surface area contributed by atoms with Gasteiger partial charge in [0.25, 0.3) is 0 Å². The fourth-order valence-corrected chi connectivity index (χ4v) is 6.01. The van der Waals surface area contributed by atoms with E-state index in [9.17, 15) is 9.90 Å². The lowest BCUT2D eigenvalue weighted by Crippen LogP contribution is -2.46. The van der Waals surface area contributed by atoms with Gasteiger partial charge in [0.1, 0.15) is 5.78 Å². The summed E-state index contributed by atoms with van der Waals surface area (Å²) in [6.45, 7) is 9.12. The molecule has 0 aromatic rings.